The van der Waals surface area contributed by atoms with Gasteiger partial charge in [0, 0.05) is 13.2 Å². The number of amides is 1. The van der Waals surface area contributed by atoms with E-state index in [9.17, 15) is 4.79 Å². The fourth-order valence-electron chi connectivity index (χ4n) is 1.02. The summed E-state index contributed by atoms with van der Waals surface area (Å²) in [4.78, 5) is 11.4. The Balaban J connectivity index is 3.71. The Bertz CT molecular complexity index is 167. The third kappa shape index (κ3) is 6.23. The predicted octanol–water partition coefficient (Wildman–Crippen LogP) is 0.218. The lowest BCUT2D eigenvalue weighted by atomic mass is 10.2. The Morgan fingerprint density at radius 2 is 2.29 bits per heavy atom. The van der Waals surface area contributed by atoms with Crippen molar-refractivity contribution in [1.29, 1.82) is 0 Å². The molecule has 3 N–H and O–H groups in total. The molecule has 2 atom stereocenters. The Kier molecular flexibility index (Phi) is 7.93. The van der Waals surface area contributed by atoms with Crippen LogP contribution in [0.15, 0.2) is 0 Å². The highest BCUT2D eigenvalue weighted by molar-refractivity contribution is 7.98. The van der Waals surface area contributed by atoms with Crippen LogP contribution in [0, 0.1) is 0 Å². The lowest BCUT2D eigenvalue weighted by molar-refractivity contribution is -0.123. The number of hydrogen-bond donors (Lipinski definition) is 2. The number of carbonyl (C=O) groups excluding carboxylic acids is 1. The van der Waals surface area contributed by atoms with Crippen molar-refractivity contribution < 1.29 is 9.53 Å². The van der Waals surface area contributed by atoms with Gasteiger partial charge in [-0.05, 0) is 25.4 Å². The molecule has 0 aromatic heterocycles. The third-order valence-electron chi connectivity index (χ3n) is 1.78. The molecule has 0 rings (SSSR count). The largest absolute Gasteiger partial charge is 0.383 e. The van der Waals surface area contributed by atoms with E-state index in [1.807, 2.05) is 13.2 Å². The van der Waals surface area contributed by atoms with Crippen LogP contribution < -0.4 is 11.1 Å². The molecular weight excluding hydrogens is 200 g/mol. The fraction of sp³-hybridized carbons (Fsp3) is 0.889. The second kappa shape index (κ2) is 8.08. The average molecular weight is 220 g/mol. The van der Waals surface area contributed by atoms with Crippen molar-refractivity contribution in [3.05, 3.63) is 0 Å². The van der Waals surface area contributed by atoms with E-state index in [1.165, 1.54) is 0 Å². The van der Waals surface area contributed by atoms with Gasteiger partial charge in [0.05, 0.1) is 12.6 Å². The quantitative estimate of drug-likeness (QED) is 0.644. The van der Waals surface area contributed by atoms with Gasteiger partial charge in [-0.3, -0.25) is 4.79 Å². The van der Waals surface area contributed by atoms with Crippen molar-refractivity contribution in [1.82, 2.24) is 5.32 Å². The summed E-state index contributed by atoms with van der Waals surface area (Å²) >= 11 is 1.69. The second-order valence-electron chi connectivity index (χ2n) is 3.25. The molecule has 1 amide bonds. The molecule has 0 spiro atoms. The Labute approximate surface area is 89.9 Å². The molecule has 0 fully saturated rings. The van der Waals surface area contributed by atoms with E-state index in [0.717, 1.165) is 5.75 Å². The van der Waals surface area contributed by atoms with Crippen molar-refractivity contribution in [2.75, 3.05) is 25.7 Å². The second-order valence-corrected chi connectivity index (χ2v) is 4.24. The molecule has 0 aliphatic rings. The highest BCUT2D eigenvalue weighted by Gasteiger charge is 2.14. The van der Waals surface area contributed by atoms with Crippen LogP contribution in [0.2, 0.25) is 0 Å². The first-order chi connectivity index (χ1) is 6.61. The average Bonchev–Trinajstić information content (AvgIpc) is 2.14. The molecule has 0 heterocycles. The zero-order chi connectivity index (χ0) is 11.0. The van der Waals surface area contributed by atoms with E-state index in [4.69, 9.17) is 10.5 Å². The lowest BCUT2D eigenvalue weighted by Crippen LogP contribution is -2.46. The normalized spacial score (nSPS) is 14.9. The molecule has 0 aliphatic carbocycles. The van der Waals surface area contributed by atoms with Crippen LogP contribution in [0.5, 0.6) is 0 Å². The van der Waals surface area contributed by atoms with Gasteiger partial charge in [-0.1, -0.05) is 0 Å². The van der Waals surface area contributed by atoms with E-state index in [0.29, 0.717) is 13.0 Å². The first-order valence-electron chi connectivity index (χ1n) is 4.65. The molecular formula is C9H20N2O2S. The lowest BCUT2D eigenvalue weighted by Gasteiger charge is -2.16. The van der Waals surface area contributed by atoms with Crippen LogP contribution >= 0.6 is 11.8 Å². The van der Waals surface area contributed by atoms with Gasteiger partial charge >= 0.3 is 0 Å². The van der Waals surface area contributed by atoms with E-state index in [1.54, 1.807) is 18.9 Å². The first-order valence-corrected chi connectivity index (χ1v) is 6.05. The molecule has 0 radical (unpaired) electrons. The molecule has 0 aliphatic heterocycles. The number of thioether (sulfide) groups is 1. The monoisotopic (exact) mass is 220 g/mol. The summed E-state index contributed by atoms with van der Waals surface area (Å²) in [5.41, 5.74) is 5.68. The summed E-state index contributed by atoms with van der Waals surface area (Å²) in [5.74, 6) is 0.816. The standard InChI is InChI=1S/C9H20N2O2S/c1-7(6-13-2)11-9(12)8(10)4-5-14-3/h7-8H,4-6,10H2,1-3H3,(H,11,12)/t7?,8-/m1/s1. The number of nitrogens with one attached hydrogen (secondary N) is 1. The molecule has 84 valence electrons. The van der Waals surface area contributed by atoms with Gasteiger partial charge in [0.1, 0.15) is 0 Å². The number of hydrogen-bond acceptors (Lipinski definition) is 4. The first kappa shape index (κ1) is 13.7. The van der Waals surface area contributed by atoms with E-state index >= 15 is 0 Å². The van der Waals surface area contributed by atoms with Crippen LogP contribution in [0.3, 0.4) is 0 Å². The van der Waals surface area contributed by atoms with Crippen molar-refractivity contribution in [3.63, 3.8) is 0 Å². The topological polar surface area (TPSA) is 64.3 Å². The van der Waals surface area contributed by atoms with Crippen LogP contribution in [0.25, 0.3) is 0 Å². The van der Waals surface area contributed by atoms with Gasteiger partial charge in [-0.15, -0.1) is 0 Å². The number of methoxy groups -OCH3 is 1. The van der Waals surface area contributed by atoms with Gasteiger partial charge in [-0.25, -0.2) is 0 Å². The summed E-state index contributed by atoms with van der Waals surface area (Å²) in [7, 11) is 1.61. The van der Waals surface area contributed by atoms with Crippen molar-refractivity contribution >= 4 is 17.7 Å². The predicted molar refractivity (Wildman–Crippen MR) is 60.5 cm³/mol. The summed E-state index contributed by atoms with van der Waals surface area (Å²) < 4.78 is 4.91. The number of rotatable bonds is 7. The van der Waals surface area contributed by atoms with Crippen LogP contribution in [0.1, 0.15) is 13.3 Å². The smallest absolute Gasteiger partial charge is 0.237 e. The molecule has 4 nitrogen and oxygen atoms in total. The van der Waals surface area contributed by atoms with Gasteiger partial charge in [-0.2, -0.15) is 11.8 Å². The van der Waals surface area contributed by atoms with E-state index < -0.39 is 6.04 Å². The summed E-state index contributed by atoms with van der Waals surface area (Å²) in [6.07, 6.45) is 2.71. The molecule has 0 aromatic carbocycles. The molecule has 5 heteroatoms. The van der Waals surface area contributed by atoms with E-state index in [2.05, 4.69) is 5.32 Å². The van der Waals surface area contributed by atoms with E-state index in [-0.39, 0.29) is 11.9 Å². The molecule has 0 bridgehead atoms. The minimum Gasteiger partial charge on any atom is -0.383 e. The van der Waals surface area contributed by atoms with Crippen molar-refractivity contribution in [2.45, 2.75) is 25.4 Å². The number of nitrogens with two attached hydrogens (primary N) is 1. The van der Waals surface area contributed by atoms with Crippen molar-refractivity contribution in [2.24, 2.45) is 5.73 Å². The number of ether oxygens (including phenoxy) is 1. The van der Waals surface area contributed by atoms with Crippen LogP contribution in [-0.4, -0.2) is 43.7 Å². The molecule has 0 saturated carbocycles. The summed E-state index contributed by atoms with van der Waals surface area (Å²) in [6, 6.07) is -0.380. The zero-order valence-electron chi connectivity index (χ0n) is 9.08. The minimum absolute atomic E-state index is 0.0211. The van der Waals surface area contributed by atoms with Gasteiger partial charge < -0.3 is 15.8 Å². The summed E-state index contributed by atoms with van der Waals surface area (Å²) in [6.45, 7) is 2.41. The molecule has 14 heavy (non-hydrogen) atoms. The highest BCUT2D eigenvalue weighted by Crippen LogP contribution is 1.99. The Hall–Kier alpha value is -0.260. The minimum atomic E-state index is -0.401. The van der Waals surface area contributed by atoms with Gasteiger partial charge in [0.2, 0.25) is 5.91 Å². The third-order valence-corrected chi connectivity index (χ3v) is 2.42. The zero-order valence-corrected chi connectivity index (χ0v) is 9.89. The fourth-order valence-corrected chi connectivity index (χ4v) is 1.51. The molecule has 1 unspecified atom stereocenters. The van der Waals surface area contributed by atoms with Crippen LogP contribution in [-0.2, 0) is 9.53 Å². The SMILES string of the molecule is COCC(C)NC(=O)[C@H](N)CCSC. The maximum absolute atomic E-state index is 11.4. The number of carbonyl (C=O) groups is 1. The Morgan fingerprint density at radius 3 is 2.79 bits per heavy atom. The van der Waals surface area contributed by atoms with Crippen molar-refractivity contribution in [3.8, 4) is 0 Å². The Morgan fingerprint density at radius 1 is 1.64 bits per heavy atom. The van der Waals surface area contributed by atoms with Gasteiger partial charge in [0.15, 0.2) is 0 Å². The maximum Gasteiger partial charge on any atom is 0.237 e. The van der Waals surface area contributed by atoms with Crippen LogP contribution in [0.4, 0.5) is 0 Å². The van der Waals surface area contributed by atoms with Gasteiger partial charge in [0.25, 0.3) is 0 Å². The maximum atomic E-state index is 11.4. The summed E-state index contributed by atoms with van der Waals surface area (Å²) in [5, 5.41) is 2.79. The highest BCUT2D eigenvalue weighted by atomic mass is 32.2. The molecule has 0 aromatic rings. The molecule has 0 saturated heterocycles.